The summed E-state index contributed by atoms with van der Waals surface area (Å²) in [6.07, 6.45) is -0.256. The molecule has 136 valence electrons. The molecular weight excluding hydrogens is 373 g/mol. The average molecular weight is 392 g/mol. The number of hydrogen-bond donors (Lipinski definition) is 1. The average Bonchev–Trinajstić information content (AvgIpc) is 2.75. The lowest BCUT2D eigenvalue weighted by Gasteiger charge is -2.23. The molecule has 1 aliphatic heterocycles. The second kappa shape index (κ2) is 6.69. The molecule has 0 saturated carbocycles. The van der Waals surface area contributed by atoms with Gasteiger partial charge >= 0.3 is 0 Å². The highest BCUT2D eigenvalue weighted by Gasteiger charge is 2.51. The van der Waals surface area contributed by atoms with Gasteiger partial charge in [0.1, 0.15) is 5.78 Å². The van der Waals surface area contributed by atoms with Crippen molar-refractivity contribution < 1.29 is 14.7 Å². The second-order valence-corrected chi connectivity index (χ2v) is 7.63. The van der Waals surface area contributed by atoms with Gasteiger partial charge in [-0.05, 0) is 49.6 Å². The van der Waals surface area contributed by atoms with E-state index in [9.17, 15) is 14.7 Å². The fraction of sp³-hybridized carbons (Fsp3) is 0.300. The Morgan fingerprint density at radius 2 is 1.81 bits per heavy atom. The summed E-state index contributed by atoms with van der Waals surface area (Å²) in [4.78, 5) is 26.4. The molecule has 0 spiro atoms. The van der Waals surface area contributed by atoms with Crippen molar-refractivity contribution in [2.45, 2.75) is 39.3 Å². The van der Waals surface area contributed by atoms with E-state index in [1.165, 1.54) is 11.8 Å². The fourth-order valence-electron chi connectivity index (χ4n) is 3.59. The second-order valence-electron chi connectivity index (χ2n) is 6.79. The van der Waals surface area contributed by atoms with Crippen LogP contribution in [0.15, 0.2) is 30.3 Å². The summed E-state index contributed by atoms with van der Waals surface area (Å²) in [5, 5.41) is 12.1. The number of aryl methyl sites for hydroxylation is 2. The van der Waals surface area contributed by atoms with E-state index in [2.05, 4.69) is 0 Å². The van der Waals surface area contributed by atoms with Crippen LogP contribution in [0.2, 0.25) is 10.0 Å². The lowest BCUT2D eigenvalue weighted by molar-refractivity contribution is -0.141. The van der Waals surface area contributed by atoms with Crippen molar-refractivity contribution in [1.82, 2.24) is 0 Å². The van der Waals surface area contributed by atoms with Crippen LogP contribution in [0.5, 0.6) is 0 Å². The Balaban J connectivity index is 2.15. The number of ketones is 1. The van der Waals surface area contributed by atoms with Crippen molar-refractivity contribution >= 4 is 40.6 Å². The van der Waals surface area contributed by atoms with Gasteiger partial charge < -0.3 is 10.0 Å². The number of benzene rings is 2. The quantitative estimate of drug-likeness (QED) is 0.843. The van der Waals surface area contributed by atoms with E-state index in [1.54, 1.807) is 18.2 Å². The summed E-state index contributed by atoms with van der Waals surface area (Å²) in [6, 6.07) is 8.83. The molecular formula is C20H19Cl2NO3. The molecule has 6 heteroatoms. The van der Waals surface area contributed by atoms with Crippen molar-refractivity contribution in [3.8, 4) is 0 Å². The summed E-state index contributed by atoms with van der Waals surface area (Å²) < 4.78 is 0. The van der Waals surface area contributed by atoms with E-state index in [0.717, 1.165) is 11.1 Å². The van der Waals surface area contributed by atoms with Gasteiger partial charge in [-0.15, -0.1) is 0 Å². The standard InChI is InChI=1S/C20H19Cl2NO3/c1-11-4-5-12(2)18-17(11)20(26,9-13(3)24)19(25)23(18)10-14-6-7-15(21)8-16(14)22/h4-8,26H,9-10H2,1-3H3. The smallest absolute Gasteiger partial charge is 0.264 e. The molecule has 1 unspecified atom stereocenters. The van der Waals surface area contributed by atoms with Gasteiger partial charge in [0, 0.05) is 22.0 Å². The number of Topliss-reactive ketones (excluding diaryl/α,β-unsaturated/α-hetero) is 1. The summed E-state index contributed by atoms with van der Waals surface area (Å²) in [6.45, 7) is 5.26. The van der Waals surface area contributed by atoms with Crippen LogP contribution in [-0.2, 0) is 21.7 Å². The first-order valence-electron chi connectivity index (χ1n) is 8.23. The van der Waals surface area contributed by atoms with Gasteiger partial charge in [0.15, 0.2) is 5.60 Å². The minimum Gasteiger partial charge on any atom is -0.375 e. The topological polar surface area (TPSA) is 57.6 Å². The van der Waals surface area contributed by atoms with Crippen LogP contribution in [0.4, 0.5) is 5.69 Å². The number of carbonyl (C=O) groups is 2. The first-order chi connectivity index (χ1) is 12.1. The SMILES string of the molecule is CC(=O)CC1(O)C(=O)N(Cc2ccc(Cl)cc2Cl)c2c(C)ccc(C)c21. The summed E-state index contributed by atoms with van der Waals surface area (Å²) >= 11 is 12.2. The molecule has 3 rings (SSSR count). The van der Waals surface area contributed by atoms with E-state index in [4.69, 9.17) is 23.2 Å². The predicted molar refractivity (Wildman–Crippen MR) is 103 cm³/mol. The summed E-state index contributed by atoms with van der Waals surface area (Å²) in [7, 11) is 0. The van der Waals surface area contributed by atoms with E-state index in [1.807, 2.05) is 26.0 Å². The highest BCUT2D eigenvalue weighted by molar-refractivity contribution is 6.35. The van der Waals surface area contributed by atoms with E-state index in [-0.39, 0.29) is 18.7 Å². The van der Waals surface area contributed by atoms with Crippen molar-refractivity contribution in [1.29, 1.82) is 0 Å². The van der Waals surface area contributed by atoms with Crippen LogP contribution >= 0.6 is 23.2 Å². The van der Waals surface area contributed by atoms with Crippen LogP contribution in [-0.4, -0.2) is 16.8 Å². The first kappa shape index (κ1) is 18.9. The number of carbonyl (C=O) groups excluding carboxylic acids is 2. The van der Waals surface area contributed by atoms with E-state index in [0.29, 0.717) is 26.9 Å². The Kier molecular flexibility index (Phi) is 4.86. The van der Waals surface area contributed by atoms with Crippen LogP contribution in [0.1, 0.15) is 35.6 Å². The number of hydrogen-bond acceptors (Lipinski definition) is 3. The molecule has 1 atom stereocenters. The molecule has 0 aromatic heterocycles. The highest BCUT2D eigenvalue weighted by atomic mass is 35.5. The predicted octanol–water partition coefficient (Wildman–Crippen LogP) is 4.32. The normalized spacial score (nSPS) is 19.0. The van der Waals surface area contributed by atoms with Crippen molar-refractivity contribution in [3.05, 3.63) is 62.6 Å². The maximum atomic E-state index is 13.2. The maximum absolute atomic E-state index is 13.2. The molecule has 1 amide bonds. The molecule has 0 bridgehead atoms. The number of rotatable bonds is 4. The molecule has 0 radical (unpaired) electrons. The lowest BCUT2D eigenvalue weighted by Crippen LogP contribution is -2.41. The van der Waals surface area contributed by atoms with Crippen LogP contribution in [0.3, 0.4) is 0 Å². The van der Waals surface area contributed by atoms with Crippen molar-refractivity contribution in [3.63, 3.8) is 0 Å². The number of anilines is 1. The van der Waals surface area contributed by atoms with Gasteiger partial charge in [0.2, 0.25) is 0 Å². The van der Waals surface area contributed by atoms with Crippen LogP contribution < -0.4 is 4.90 Å². The molecule has 2 aromatic rings. The van der Waals surface area contributed by atoms with E-state index >= 15 is 0 Å². The van der Waals surface area contributed by atoms with Gasteiger partial charge in [-0.2, -0.15) is 0 Å². The Labute approximate surface area is 162 Å². The molecule has 1 N–H and O–H groups in total. The number of amides is 1. The Morgan fingerprint density at radius 1 is 1.15 bits per heavy atom. The zero-order chi connectivity index (χ0) is 19.2. The third-order valence-electron chi connectivity index (χ3n) is 4.72. The largest absolute Gasteiger partial charge is 0.375 e. The third-order valence-corrected chi connectivity index (χ3v) is 5.31. The number of aliphatic hydroxyl groups is 1. The van der Waals surface area contributed by atoms with Gasteiger partial charge in [0.25, 0.3) is 5.91 Å². The number of halogens is 2. The summed E-state index contributed by atoms with van der Waals surface area (Å²) in [5.74, 6) is -0.759. The minimum atomic E-state index is -1.85. The molecule has 0 saturated heterocycles. The van der Waals surface area contributed by atoms with Crippen molar-refractivity contribution in [2.75, 3.05) is 4.90 Å². The van der Waals surface area contributed by atoms with Crippen LogP contribution in [0.25, 0.3) is 0 Å². The highest BCUT2D eigenvalue weighted by Crippen LogP contribution is 2.47. The molecule has 26 heavy (non-hydrogen) atoms. The van der Waals surface area contributed by atoms with Gasteiger partial charge in [-0.25, -0.2) is 0 Å². The molecule has 2 aromatic carbocycles. The molecule has 1 aliphatic rings. The van der Waals surface area contributed by atoms with Gasteiger partial charge in [-0.1, -0.05) is 41.4 Å². The molecule has 0 fully saturated rings. The zero-order valence-corrected chi connectivity index (χ0v) is 16.3. The molecule has 1 heterocycles. The van der Waals surface area contributed by atoms with Gasteiger partial charge in [0.05, 0.1) is 12.2 Å². The number of nitrogens with zero attached hydrogens (tertiary/aromatic N) is 1. The number of fused-ring (bicyclic) bond motifs is 1. The minimum absolute atomic E-state index is 0.187. The maximum Gasteiger partial charge on any atom is 0.264 e. The monoisotopic (exact) mass is 391 g/mol. The summed E-state index contributed by atoms with van der Waals surface area (Å²) in [5.41, 5.74) is 1.63. The Hall–Kier alpha value is -1.88. The lowest BCUT2D eigenvalue weighted by atomic mass is 9.86. The van der Waals surface area contributed by atoms with E-state index < -0.39 is 11.5 Å². The Bertz CT molecular complexity index is 926. The zero-order valence-electron chi connectivity index (χ0n) is 14.8. The molecule has 4 nitrogen and oxygen atoms in total. The van der Waals surface area contributed by atoms with Gasteiger partial charge in [-0.3, -0.25) is 9.59 Å². The van der Waals surface area contributed by atoms with Crippen molar-refractivity contribution in [2.24, 2.45) is 0 Å². The van der Waals surface area contributed by atoms with Crippen LogP contribution in [0, 0.1) is 13.8 Å². The fourth-order valence-corrected chi connectivity index (χ4v) is 4.06. The third kappa shape index (κ3) is 3.02. The Morgan fingerprint density at radius 3 is 2.42 bits per heavy atom. The molecule has 0 aliphatic carbocycles. The first-order valence-corrected chi connectivity index (χ1v) is 8.99.